The summed E-state index contributed by atoms with van der Waals surface area (Å²) in [7, 11) is 3.62. The monoisotopic (exact) mass is 667 g/mol. The van der Waals surface area contributed by atoms with Crippen LogP contribution in [-0.2, 0) is 30.9 Å². The van der Waals surface area contributed by atoms with E-state index < -0.39 is 35.2 Å². The van der Waals surface area contributed by atoms with Gasteiger partial charge in [-0.05, 0) is 83.7 Å². The van der Waals surface area contributed by atoms with Crippen molar-refractivity contribution in [2.75, 3.05) is 20.7 Å². The van der Waals surface area contributed by atoms with Crippen LogP contribution in [0.3, 0.4) is 0 Å². The number of rotatable bonds is 21. The lowest BCUT2D eigenvalue weighted by molar-refractivity contribution is -0.167. The van der Waals surface area contributed by atoms with E-state index in [9.17, 15) is 14.7 Å². The maximum Gasteiger partial charge on any atom is 0.352 e. The number of unbranched alkanes of at least 4 members (excludes halogenated alkanes) is 11. The van der Waals surface area contributed by atoms with Crippen LogP contribution in [0.5, 0.6) is 11.5 Å². The zero-order valence-corrected chi connectivity index (χ0v) is 30.5. The fourth-order valence-corrected chi connectivity index (χ4v) is 7.89. The molecule has 1 aliphatic heterocycles. The summed E-state index contributed by atoms with van der Waals surface area (Å²) in [5, 5.41) is 12.4. The largest absolute Gasteiger partial charge is 0.493 e. The molecule has 1 N–H and O–H groups in total. The maximum absolute atomic E-state index is 13.2. The van der Waals surface area contributed by atoms with Gasteiger partial charge in [0.05, 0.1) is 18.1 Å². The molecule has 1 aromatic carbocycles. The van der Waals surface area contributed by atoms with Gasteiger partial charge in [-0.2, -0.15) is 0 Å². The minimum absolute atomic E-state index is 0.157. The number of esters is 2. The number of hydrogen-bond donors (Lipinski definition) is 1. The third kappa shape index (κ3) is 8.30. The van der Waals surface area contributed by atoms with Crippen LogP contribution in [-0.4, -0.2) is 66.5 Å². The standard InChI is InChI=1S/C40H61NO7/c1-7-9-10-11-12-13-14-15-16-17-18-19-20-21-22-23-34(42)46-29(3)38(43)47-32-26-27-40(44)33(41(5)8-2)28-30-24-25-31(45-6)36-35(30)39(40,4)37(32)48-36/h15-16,24-26,29,33,37,44H,7-14,17-23,27-28H2,1-6H3/b16-15-/t29-,33+,37-,39-,40+/m0/s1. The van der Waals surface area contributed by atoms with Crippen molar-refractivity contribution in [3.63, 3.8) is 0 Å². The van der Waals surface area contributed by atoms with Gasteiger partial charge in [0.15, 0.2) is 23.7 Å². The minimum Gasteiger partial charge on any atom is -0.493 e. The third-order valence-corrected chi connectivity index (χ3v) is 11.0. The predicted octanol–water partition coefficient (Wildman–Crippen LogP) is 8.12. The zero-order chi connectivity index (χ0) is 34.7. The Hall–Kier alpha value is -2.84. The number of methoxy groups -OCH3 is 1. The molecule has 0 fully saturated rings. The van der Waals surface area contributed by atoms with E-state index in [1.807, 2.05) is 26.1 Å². The van der Waals surface area contributed by atoms with Crippen LogP contribution in [0.4, 0.5) is 0 Å². The van der Waals surface area contributed by atoms with E-state index in [0.717, 1.165) is 49.8 Å². The van der Waals surface area contributed by atoms with E-state index >= 15 is 0 Å². The summed E-state index contributed by atoms with van der Waals surface area (Å²) >= 11 is 0. The van der Waals surface area contributed by atoms with Crippen molar-refractivity contribution in [2.24, 2.45) is 0 Å². The van der Waals surface area contributed by atoms with Gasteiger partial charge >= 0.3 is 11.9 Å². The Bertz CT molecular complexity index is 1290. The molecule has 0 saturated carbocycles. The van der Waals surface area contributed by atoms with Gasteiger partial charge < -0.3 is 29.0 Å². The first-order valence-electron chi connectivity index (χ1n) is 18.7. The first-order valence-corrected chi connectivity index (χ1v) is 18.7. The number of ether oxygens (including phenoxy) is 4. The van der Waals surface area contributed by atoms with Crippen LogP contribution < -0.4 is 9.47 Å². The summed E-state index contributed by atoms with van der Waals surface area (Å²) in [4.78, 5) is 28.0. The zero-order valence-electron chi connectivity index (χ0n) is 30.5. The Morgan fingerprint density at radius 1 is 1.02 bits per heavy atom. The number of hydrogen-bond acceptors (Lipinski definition) is 8. The van der Waals surface area contributed by atoms with Crippen LogP contribution in [0.15, 0.2) is 36.1 Å². The maximum atomic E-state index is 13.2. The van der Waals surface area contributed by atoms with Crippen molar-refractivity contribution in [3.8, 4) is 11.5 Å². The first kappa shape index (κ1) is 38.0. The molecular weight excluding hydrogens is 606 g/mol. The number of aliphatic hydroxyl groups is 1. The highest BCUT2D eigenvalue weighted by Gasteiger charge is 2.68. The summed E-state index contributed by atoms with van der Waals surface area (Å²) in [5.41, 5.74) is -0.0371. The minimum atomic E-state index is -1.16. The van der Waals surface area contributed by atoms with E-state index in [4.69, 9.17) is 18.9 Å². The molecule has 4 rings (SSSR count). The summed E-state index contributed by atoms with van der Waals surface area (Å²) in [5.74, 6) is 0.446. The van der Waals surface area contributed by atoms with Gasteiger partial charge in [-0.1, -0.05) is 83.4 Å². The molecule has 0 spiro atoms. The topological polar surface area (TPSA) is 94.5 Å². The van der Waals surface area contributed by atoms with Crippen LogP contribution in [0.1, 0.15) is 135 Å². The van der Waals surface area contributed by atoms with Crippen molar-refractivity contribution in [2.45, 2.75) is 160 Å². The summed E-state index contributed by atoms with van der Waals surface area (Å²) in [6.07, 6.45) is 21.3. The number of nitrogens with zero attached hydrogens (tertiary/aromatic N) is 1. The van der Waals surface area contributed by atoms with Gasteiger partial charge in [-0.15, -0.1) is 0 Å². The molecule has 0 radical (unpaired) electrons. The van der Waals surface area contributed by atoms with Gasteiger partial charge in [0.1, 0.15) is 5.76 Å². The molecule has 48 heavy (non-hydrogen) atoms. The van der Waals surface area contributed by atoms with E-state index in [1.54, 1.807) is 20.1 Å². The second-order valence-corrected chi connectivity index (χ2v) is 14.2. The summed E-state index contributed by atoms with van der Waals surface area (Å²) < 4.78 is 23.5. The van der Waals surface area contributed by atoms with E-state index in [0.29, 0.717) is 30.1 Å². The molecule has 0 aromatic heterocycles. The number of carbonyl (C=O) groups is 2. The second kappa shape index (κ2) is 17.7. The lowest BCUT2D eigenvalue weighted by atomic mass is 9.54. The summed E-state index contributed by atoms with van der Waals surface area (Å²) in [6, 6.07) is 3.79. The Morgan fingerprint density at radius 2 is 1.67 bits per heavy atom. The lowest BCUT2D eigenvalue weighted by Gasteiger charge is -2.56. The van der Waals surface area contributed by atoms with Crippen LogP contribution in [0, 0.1) is 0 Å². The number of benzene rings is 1. The Labute approximate surface area is 289 Å². The van der Waals surface area contributed by atoms with Crippen molar-refractivity contribution in [1.29, 1.82) is 0 Å². The van der Waals surface area contributed by atoms with Gasteiger partial charge in [0.2, 0.25) is 0 Å². The molecule has 0 unspecified atom stereocenters. The lowest BCUT2D eigenvalue weighted by Crippen LogP contribution is -2.69. The van der Waals surface area contributed by atoms with Crippen molar-refractivity contribution in [1.82, 2.24) is 4.90 Å². The van der Waals surface area contributed by atoms with E-state index in [-0.39, 0.29) is 12.5 Å². The fourth-order valence-electron chi connectivity index (χ4n) is 7.89. The van der Waals surface area contributed by atoms with Gasteiger partial charge in [-0.25, -0.2) is 4.79 Å². The van der Waals surface area contributed by atoms with Gasteiger partial charge in [0.25, 0.3) is 0 Å². The fraction of sp³-hybridized carbons (Fsp3) is 0.700. The van der Waals surface area contributed by atoms with Crippen LogP contribution >= 0.6 is 0 Å². The highest BCUT2D eigenvalue weighted by atomic mass is 16.6. The Balaban J connectivity index is 1.22. The number of allylic oxidation sites excluding steroid dienone is 2. The molecule has 1 aromatic rings. The Kier molecular flexibility index (Phi) is 14.0. The molecular formula is C40H61NO7. The first-order chi connectivity index (χ1) is 23.1. The normalized spacial score (nSPS) is 24.6. The molecule has 5 atom stereocenters. The predicted molar refractivity (Wildman–Crippen MR) is 189 cm³/mol. The number of carbonyl (C=O) groups excluding carboxylic acids is 2. The van der Waals surface area contributed by atoms with Crippen LogP contribution in [0.25, 0.3) is 0 Å². The average Bonchev–Trinajstić information content (AvgIpc) is 3.41. The van der Waals surface area contributed by atoms with Gasteiger partial charge in [-0.3, -0.25) is 4.79 Å². The Morgan fingerprint density at radius 3 is 2.31 bits per heavy atom. The van der Waals surface area contributed by atoms with Crippen molar-refractivity contribution in [3.05, 3.63) is 47.2 Å². The molecule has 8 nitrogen and oxygen atoms in total. The summed E-state index contributed by atoms with van der Waals surface area (Å²) in [6.45, 7) is 8.65. The molecule has 1 heterocycles. The highest BCUT2D eigenvalue weighted by molar-refractivity contribution is 5.80. The molecule has 2 aliphatic carbocycles. The molecule has 268 valence electrons. The number of likely N-dealkylation sites (N-methyl/N-ethyl adjacent to an activating group) is 1. The van der Waals surface area contributed by atoms with E-state index in [2.05, 4.69) is 30.9 Å². The molecule has 8 heteroatoms. The SMILES string of the molecule is CCCCCCCC/C=C\CCCCCCCC(=O)O[C@@H](C)C(=O)OC1=CC[C@@]2(O)[C@H](N(C)CC)Cc3ccc(OC)c4c3[C@@]2(C)[C@H]1O4. The second-order valence-electron chi connectivity index (χ2n) is 14.2. The van der Waals surface area contributed by atoms with E-state index in [1.165, 1.54) is 51.4 Å². The van der Waals surface area contributed by atoms with Gasteiger partial charge in [0, 0.05) is 24.4 Å². The van der Waals surface area contributed by atoms with Crippen molar-refractivity contribution >= 4 is 11.9 Å². The van der Waals surface area contributed by atoms with Crippen molar-refractivity contribution < 1.29 is 33.6 Å². The smallest absolute Gasteiger partial charge is 0.352 e. The quantitative estimate of drug-likeness (QED) is 0.0798. The average molecular weight is 668 g/mol. The highest BCUT2D eigenvalue weighted by Crippen LogP contribution is 2.62. The van der Waals surface area contributed by atoms with Crippen LogP contribution in [0.2, 0.25) is 0 Å². The molecule has 0 bridgehead atoms. The molecule has 0 saturated heterocycles. The molecule has 3 aliphatic rings. The molecule has 0 amide bonds. The third-order valence-electron chi connectivity index (χ3n) is 11.0.